The lowest BCUT2D eigenvalue weighted by molar-refractivity contribution is -0.385. The van der Waals surface area contributed by atoms with E-state index in [1.54, 1.807) is 0 Å². The van der Waals surface area contributed by atoms with Crippen LogP contribution in [-0.2, 0) is 0 Å². The fourth-order valence-electron chi connectivity index (χ4n) is 1.65. The molecule has 5 nitrogen and oxygen atoms in total. The summed E-state index contributed by atoms with van der Waals surface area (Å²) in [5, 5.41) is 19.2. The molecule has 9 heteroatoms. The Morgan fingerprint density at radius 1 is 1.23 bits per heavy atom. The third kappa shape index (κ3) is 2.64. The molecule has 0 aromatic heterocycles. The molecule has 1 N–H and O–H groups in total. The van der Waals surface area contributed by atoms with Crippen molar-refractivity contribution in [2.75, 3.05) is 0 Å². The molecule has 0 spiro atoms. The van der Waals surface area contributed by atoms with Crippen molar-refractivity contribution in [2.45, 2.75) is 6.92 Å². The van der Waals surface area contributed by atoms with Gasteiger partial charge in [-0.05, 0) is 13.0 Å². The lowest BCUT2D eigenvalue weighted by Crippen LogP contribution is -2.00. The Kier molecular flexibility index (Phi) is 4.14. The van der Waals surface area contributed by atoms with E-state index in [-0.39, 0.29) is 5.75 Å². The van der Waals surface area contributed by atoms with E-state index in [9.17, 15) is 28.4 Å². The Morgan fingerprint density at radius 3 is 2.41 bits per heavy atom. The van der Waals surface area contributed by atoms with Crippen LogP contribution in [0.4, 0.5) is 18.9 Å². The summed E-state index contributed by atoms with van der Waals surface area (Å²) in [5.41, 5.74) is -1.22. The lowest BCUT2D eigenvalue weighted by atomic mass is 10.2. The maximum atomic E-state index is 13.8. The monoisotopic (exact) mass is 333 g/mol. The van der Waals surface area contributed by atoms with Gasteiger partial charge in [-0.2, -0.15) is 4.39 Å². The maximum Gasteiger partial charge on any atom is 0.310 e. The molecule has 22 heavy (non-hydrogen) atoms. The zero-order valence-electron chi connectivity index (χ0n) is 10.9. The van der Waals surface area contributed by atoms with Crippen molar-refractivity contribution in [3.8, 4) is 17.2 Å². The van der Waals surface area contributed by atoms with Gasteiger partial charge < -0.3 is 9.84 Å². The van der Waals surface area contributed by atoms with E-state index in [4.69, 9.17) is 16.3 Å². The number of phenolic OH excluding ortho intramolecular Hbond substituents is 1. The normalized spacial score (nSPS) is 10.6. The van der Waals surface area contributed by atoms with Crippen LogP contribution in [0.1, 0.15) is 5.56 Å². The predicted molar refractivity (Wildman–Crippen MR) is 70.9 cm³/mol. The van der Waals surface area contributed by atoms with E-state index < -0.39 is 50.1 Å². The average Bonchev–Trinajstić information content (AvgIpc) is 2.47. The highest BCUT2D eigenvalue weighted by Gasteiger charge is 2.24. The van der Waals surface area contributed by atoms with Gasteiger partial charge in [-0.25, -0.2) is 8.78 Å². The largest absolute Gasteiger partial charge is 0.502 e. The summed E-state index contributed by atoms with van der Waals surface area (Å²) in [5.74, 6) is -6.14. The minimum atomic E-state index is -1.51. The Labute approximate surface area is 126 Å². The zero-order valence-corrected chi connectivity index (χ0v) is 11.6. The quantitative estimate of drug-likeness (QED) is 0.511. The molecule has 0 aliphatic carbocycles. The SMILES string of the molecule is Cc1c(F)c(F)c(Oc2ccc([N+](=O)[O-])c(O)c2)c(Cl)c1F. The zero-order chi connectivity index (χ0) is 16.6. The molecule has 0 fully saturated rings. The molecule has 0 heterocycles. The van der Waals surface area contributed by atoms with Crippen molar-refractivity contribution < 1.29 is 27.9 Å². The number of ether oxygens (including phenoxy) is 1. The number of rotatable bonds is 3. The number of nitrogens with zero attached hydrogens (tertiary/aromatic N) is 1. The minimum Gasteiger partial charge on any atom is -0.502 e. The van der Waals surface area contributed by atoms with Gasteiger partial charge in [-0.3, -0.25) is 10.1 Å². The van der Waals surface area contributed by atoms with Gasteiger partial charge in [0.05, 0.1) is 4.92 Å². The van der Waals surface area contributed by atoms with Crippen LogP contribution in [0.5, 0.6) is 17.2 Å². The summed E-state index contributed by atoms with van der Waals surface area (Å²) in [4.78, 5) is 9.70. The summed E-state index contributed by atoms with van der Waals surface area (Å²) in [7, 11) is 0. The lowest BCUT2D eigenvalue weighted by Gasteiger charge is -2.12. The number of phenols is 1. The van der Waals surface area contributed by atoms with E-state index in [2.05, 4.69) is 0 Å². The van der Waals surface area contributed by atoms with Crippen molar-refractivity contribution in [1.29, 1.82) is 0 Å². The maximum absolute atomic E-state index is 13.8. The van der Waals surface area contributed by atoms with Gasteiger partial charge in [0, 0.05) is 17.7 Å². The molecular formula is C13H7ClF3NO4. The van der Waals surface area contributed by atoms with Crippen LogP contribution in [0.3, 0.4) is 0 Å². The van der Waals surface area contributed by atoms with E-state index in [0.29, 0.717) is 0 Å². The summed E-state index contributed by atoms with van der Waals surface area (Å²) in [6, 6.07) is 2.70. The molecule has 0 unspecified atom stereocenters. The molecule has 0 radical (unpaired) electrons. The summed E-state index contributed by atoms with van der Waals surface area (Å²) >= 11 is 5.57. The molecule has 2 rings (SSSR count). The Balaban J connectivity index is 2.48. The first-order valence-corrected chi connectivity index (χ1v) is 6.09. The number of nitro benzene ring substituents is 1. The first-order chi connectivity index (χ1) is 10.2. The Hall–Kier alpha value is -2.48. The number of nitro groups is 1. The van der Waals surface area contributed by atoms with Crippen LogP contribution in [0, 0.1) is 34.5 Å². The van der Waals surface area contributed by atoms with Crippen molar-refractivity contribution in [1.82, 2.24) is 0 Å². The van der Waals surface area contributed by atoms with E-state index in [0.717, 1.165) is 25.1 Å². The van der Waals surface area contributed by atoms with Gasteiger partial charge in [0.25, 0.3) is 0 Å². The van der Waals surface area contributed by atoms with Crippen LogP contribution in [0.2, 0.25) is 5.02 Å². The molecule has 0 bridgehead atoms. The molecule has 0 amide bonds. The van der Waals surface area contributed by atoms with Gasteiger partial charge in [-0.15, -0.1) is 0 Å². The van der Waals surface area contributed by atoms with Gasteiger partial charge in [-0.1, -0.05) is 11.6 Å². The van der Waals surface area contributed by atoms with Crippen LogP contribution < -0.4 is 4.74 Å². The molecule has 2 aromatic carbocycles. The fraction of sp³-hybridized carbons (Fsp3) is 0.0769. The Morgan fingerprint density at radius 2 is 1.86 bits per heavy atom. The third-order valence-corrected chi connectivity index (χ3v) is 3.14. The Bertz CT molecular complexity index is 753. The van der Waals surface area contributed by atoms with Gasteiger partial charge in [0.1, 0.15) is 10.8 Å². The van der Waals surface area contributed by atoms with E-state index in [1.807, 2.05) is 0 Å². The first-order valence-electron chi connectivity index (χ1n) is 5.71. The second-order valence-electron chi connectivity index (χ2n) is 4.22. The molecule has 0 aliphatic heterocycles. The number of benzene rings is 2. The summed E-state index contributed by atoms with van der Waals surface area (Å²) in [6.07, 6.45) is 0. The average molecular weight is 334 g/mol. The van der Waals surface area contributed by atoms with Crippen molar-refractivity contribution in [2.24, 2.45) is 0 Å². The predicted octanol–water partition coefficient (Wildman–Crippen LogP) is 4.47. The standard InChI is InChI=1S/C13H7ClF3NO4/c1-5-10(15)9(14)13(12(17)11(5)16)22-6-2-3-7(18(20)21)8(19)4-6/h2-4,19H,1H3. The molecule has 116 valence electrons. The topological polar surface area (TPSA) is 72.6 Å². The molecule has 0 aliphatic rings. The van der Waals surface area contributed by atoms with Crippen LogP contribution in [-0.4, -0.2) is 10.0 Å². The molecule has 0 atom stereocenters. The summed E-state index contributed by atoms with van der Waals surface area (Å²) in [6.45, 7) is 1.00. The number of hydrogen-bond acceptors (Lipinski definition) is 4. The highest BCUT2D eigenvalue weighted by Crippen LogP contribution is 2.39. The van der Waals surface area contributed by atoms with Crippen molar-refractivity contribution >= 4 is 17.3 Å². The van der Waals surface area contributed by atoms with Gasteiger partial charge in [0.2, 0.25) is 5.82 Å². The number of halogens is 4. The first kappa shape index (κ1) is 15.9. The van der Waals surface area contributed by atoms with Crippen molar-refractivity contribution in [3.63, 3.8) is 0 Å². The second-order valence-corrected chi connectivity index (χ2v) is 4.60. The van der Waals surface area contributed by atoms with Gasteiger partial charge >= 0.3 is 5.69 Å². The summed E-state index contributed by atoms with van der Waals surface area (Å²) < 4.78 is 45.8. The third-order valence-electron chi connectivity index (χ3n) is 2.81. The minimum absolute atomic E-state index is 0.286. The second kappa shape index (κ2) is 5.72. The van der Waals surface area contributed by atoms with E-state index in [1.165, 1.54) is 0 Å². The molecular weight excluding hydrogens is 327 g/mol. The smallest absolute Gasteiger partial charge is 0.310 e. The van der Waals surface area contributed by atoms with Crippen LogP contribution in [0.25, 0.3) is 0 Å². The van der Waals surface area contributed by atoms with Crippen LogP contribution in [0.15, 0.2) is 18.2 Å². The highest BCUT2D eigenvalue weighted by molar-refractivity contribution is 6.32. The van der Waals surface area contributed by atoms with Crippen molar-refractivity contribution in [3.05, 3.63) is 56.4 Å². The van der Waals surface area contributed by atoms with E-state index >= 15 is 0 Å². The number of aromatic hydroxyl groups is 1. The molecule has 2 aromatic rings. The molecule has 0 saturated heterocycles. The highest BCUT2D eigenvalue weighted by atomic mass is 35.5. The van der Waals surface area contributed by atoms with Crippen LogP contribution >= 0.6 is 11.6 Å². The number of hydrogen-bond donors (Lipinski definition) is 1. The van der Waals surface area contributed by atoms with Gasteiger partial charge in [0.15, 0.2) is 23.1 Å². The fourth-order valence-corrected chi connectivity index (χ4v) is 1.91. The molecule has 0 saturated carbocycles.